The lowest BCUT2D eigenvalue weighted by Gasteiger charge is -2.36. The molecule has 0 aliphatic carbocycles. The SMILES string of the molecule is C[C@@H]1CN(c2nc3ccccc3cc2C#N)C[C@H](C)O1. The first kappa shape index (κ1) is 12.9. The molecule has 0 N–H and O–H groups in total. The largest absolute Gasteiger partial charge is 0.372 e. The summed E-state index contributed by atoms with van der Waals surface area (Å²) in [4.78, 5) is 6.84. The fourth-order valence-electron chi connectivity index (χ4n) is 2.78. The molecule has 3 rings (SSSR count). The molecule has 1 aliphatic heterocycles. The smallest absolute Gasteiger partial charge is 0.147 e. The van der Waals surface area contributed by atoms with E-state index in [0.717, 1.165) is 29.8 Å². The Labute approximate surface area is 118 Å². The molecule has 1 aromatic carbocycles. The standard InChI is InChI=1S/C16H17N3O/c1-11-9-19(10-12(2)20-11)16-14(8-17)7-13-5-3-4-6-15(13)18-16/h3-7,11-12H,9-10H2,1-2H3/t11-,12+. The van der Waals surface area contributed by atoms with Crippen LogP contribution in [-0.4, -0.2) is 30.3 Å². The topological polar surface area (TPSA) is 49.2 Å². The molecule has 1 saturated heterocycles. The molecule has 2 heterocycles. The number of anilines is 1. The molecule has 2 aromatic rings. The van der Waals surface area contributed by atoms with Gasteiger partial charge < -0.3 is 9.64 Å². The molecule has 0 amide bonds. The molecule has 1 aromatic heterocycles. The van der Waals surface area contributed by atoms with Gasteiger partial charge in [0.1, 0.15) is 11.9 Å². The van der Waals surface area contributed by atoms with E-state index < -0.39 is 0 Å². The van der Waals surface area contributed by atoms with E-state index in [1.807, 2.05) is 30.3 Å². The lowest BCUT2D eigenvalue weighted by Crippen LogP contribution is -2.46. The highest BCUT2D eigenvalue weighted by atomic mass is 16.5. The fraction of sp³-hybridized carbons (Fsp3) is 0.375. The lowest BCUT2D eigenvalue weighted by atomic mass is 10.1. The summed E-state index contributed by atoms with van der Waals surface area (Å²) >= 11 is 0. The van der Waals surface area contributed by atoms with E-state index >= 15 is 0 Å². The molecule has 4 heteroatoms. The number of nitrogens with zero attached hydrogens (tertiary/aromatic N) is 3. The zero-order valence-corrected chi connectivity index (χ0v) is 11.7. The van der Waals surface area contributed by atoms with Crippen molar-refractivity contribution < 1.29 is 4.74 Å². The van der Waals surface area contributed by atoms with Crippen LogP contribution in [0.3, 0.4) is 0 Å². The monoisotopic (exact) mass is 267 g/mol. The van der Waals surface area contributed by atoms with Gasteiger partial charge in [0.25, 0.3) is 0 Å². The van der Waals surface area contributed by atoms with E-state index in [2.05, 4.69) is 29.8 Å². The molecule has 0 saturated carbocycles. The maximum absolute atomic E-state index is 9.39. The van der Waals surface area contributed by atoms with Gasteiger partial charge in [0, 0.05) is 18.5 Å². The summed E-state index contributed by atoms with van der Waals surface area (Å²) in [5.41, 5.74) is 1.55. The van der Waals surface area contributed by atoms with Crippen molar-refractivity contribution in [3.05, 3.63) is 35.9 Å². The van der Waals surface area contributed by atoms with Crippen molar-refractivity contribution in [1.29, 1.82) is 5.26 Å². The van der Waals surface area contributed by atoms with E-state index in [0.29, 0.717) is 5.56 Å². The maximum atomic E-state index is 9.39. The van der Waals surface area contributed by atoms with Crippen LogP contribution in [0.1, 0.15) is 19.4 Å². The Kier molecular flexibility index (Phi) is 3.29. The number of hydrogen-bond donors (Lipinski definition) is 0. The Balaban J connectivity index is 2.08. The number of hydrogen-bond acceptors (Lipinski definition) is 4. The third-order valence-corrected chi connectivity index (χ3v) is 3.54. The Hall–Kier alpha value is -2.12. The van der Waals surface area contributed by atoms with Gasteiger partial charge in [-0.15, -0.1) is 0 Å². The summed E-state index contributed by atoms with van der Waals surface area (Å²) in [6, 6.07) is 12.1. The van der Waals surface area contributed by atoms with E-state index in [4.69, 9.17) is 4.74 Å². The Bertz CT molecular complexity index is 667. The van der Waals surface area contributed by atoms with Gasteiger partial charge in [-0.2, -0.15) is 5.26 Å². The molecular weight excluding hydrogens is 250 g/mol. The number of pyridine rings is 1. The highest BCUT2D eigenvalue weighted by molar-refractivity contribution is 5.83. The van der Waals surface area contributed by atoms with Gasteiger partial charge in [-0.25, -0.2) is 4.98 Å². The van der Waals surface area contributed by atoms with E-state index in [1.165, 1.54) is 0 Å². The number of rotatable bonds is 1. The molecule has 0 unspecified atom stereocenters. The lowest BCUT2D eigenvalue weighted by molar-refractivity contribution is -0.00545. The molecule has 0 bridgehead atoms. The van der Waals surface area contributed by atoms with Crippen molar-refractivity contribution in [2.45, 2.75) is 26.1 Å². The van der Waals surface area contributed by atoms with Crippen molar-refractivity contribution in [2.24, 2.45) is 0 Å². The van der Waals surface area contributed by atoms with Crippen LogP contribution in [0.5, 0.6) is 0 Å². The number of nitriles is 1. The van der Waals surface area contributed by atoms with Gasteiger partial charge in [0.15, 0.2) is 0 Å². The first-order chi connectivity index (χ1) is 9.67. The van der Waals surface area contributed by atoms with Crippen molar-refractivity contribution in [3.63, 3.8) is 0 Å². The van der Waals surface area contributed by atoms with Crippen LogP contribution >= 0.6 is 0 Å². The number of fused-ring (bicyclic) bond motifs is 1. The molecule has 102 valence electrons. The average molecular weight is 267 g/mol. The highest BCUT2D eigenvalue weighted by Crippen LogP contribution is 2.25. The van der Waals surface area contributed by atoms with Crippen LogP contribution in [0.25, 0.3) is 10.9 Å². The van der Waals surface area contributed by atoms with Gasteiger partial charge in [-0.3, -0.25) is 0 Å². The maximum Gasteiger partial charge on any atom is 0.147 e. The quantitative estimate of drug-likeness (QED) is 0.797. The normalized spacial score (nSPS) is 22.8. The zero-order valence-electron chi connectivity index (χ0n) is 11.7. The van der Waals surface area contributed by atoms with Crippen LogP contribution in [-0.2, 0) is 4.74 Å². The summed E-state index contributed by atoms with van der Waals surface area (Å²) < 4.78 is 5.75. The van der Waals surface area contributed by atoms with Gasteiger partial charge in [-0.05, 0) is 26.0 Å². The van der Waals surface area contributed by atoms with Crippen molar-refractivity contribution in [3.8, 4) is 6.07 Å². The third kappa shape index (κ3) is 2.33. The first-order valence-corrected chi connectivity index (χ1v) is 6.87. The highest BCUT2D eigenvalue weighted by Gasteiger charge is 2.25. The molecule has 0 radical (unpaired) electrons. The number of morpholine rings is 1. The number of aromatic nitrogens is 1. The van der Waals surface area contributed by atoms with Crippen molar-refractivity contribution >= 4 is 16.7 Å². The molecule has 20 heavy (non-hydrogen) atoms. The van der Waals surface area contributed by atoms with Crippen molar-refractivity contribution in [2.75, 3.05) is 18.0 Å². The van der Waals surface area contributed by atoms with Gasteiger partial charge in [0.2, 0.25) is 0 Å². The fourth-order valence-corrected chi connectivity index (χ4v) is 2.78. The summed E-state index contributed by atoms with van der Waals surface area (Å²) in [5.74, 6) is 0.771. The molecule has 0 spiro atoms. The second-order valence-electron chi connectivity index (χ2n) is 5.33. The molecule has 2 atom stereocenters. The first-order valence-electron chi connectivity index (χ1n) is 6.87. The van der Waals surface area contributed by atoms with E-state index in [1.54, 1.807) is 0 Å². The van der Waals surface area contributed by atoms with Crippen LogP contribution < -0.4 is 4.90 Å². The second kappa shape index (κ2) is 5.10. The minimum atomic E-state index is 0.151. The summed E-state index contributed by atoms with van der Waals surface area (Å²) in [7, 11) is 0. The van der Waals surface area contributed by atoms with E-state index in [-0.39, 0.29) is 12.2 Å². The summed E-state index contributed by atoms with van der Waals surface area (Å²) in [5, 5.41) is 10.4. The number of ether oxygens (including phenoxy) is 1. The zero-order chi connectivity index (χ0) is 14.1. The van der Waals surface area contributed by atoms with E-state index in [9.17, 15) is 5.26 Å². The van der Waals surface area contributed by atoms with Gasteiger partial charge in [-0.1, -0.05) is 18.2 Å². The minimum Gasteiger partial charge on any atom is -0.372 e. The average Bonchev–Trinajstić information content (AvgIpc) is 2.44. The minimum absolute atomic E-state index is 0.151. The second-order valence-corrected chi connectivity index (χ2v) is 5.33. The number of benzene rings is 1. The van der Waals surface area contributed by atoms with Crippen LogP contribution in [0.2, 0.25) is 0 Å². The predicted molar refractivity (Wildman–Crippen MR) is 78.7 cm³/mol. The summed E-state index contributed by atoms with van der Waals surface area (Å²) in [6.07, 6.45) is 0.303. The molecule has 4 nitrogen and oxygen atoms in total. The van der Waals surface area contributed by atoms with Gasteiger partial charge in [0.05, 0.1) is 23.3 Å². The Morgan fingerprint density at radius 1 is 1.25 bits per heavy atom. The van der Waals surface area contributed by atoms with Crippen LogP contribution in [0, 0.1) is 11.3 Å². The van der Waals surface area contributed by atoms with Crippen LogP contribution in [0.4, 0.5) is 5.82 Å². The Morgan fingerprint density at radius 2 is 1.95 bits per heavy atom. The van der Waals surface area contributed by atoms with Crippen molar-refractivity contribution in [1.82, 2.24) is 4.98 Å². The summed E-state index contributed by atoms with van der Waals surface area (Å²) in [6.45, 7) is 5.64. The third-order valence-electron chi connectivity index (χ3n) is 3.54. The Morgan fingerprint density at radius 3 is 2.65 bits per heavy atom. The molecule has 1 aliphatic rings. The number of para-hydroxylation sites is 1. The molecule has 1 fully saturated rings. The predicted octanol–water partition coefficient (Wildman–Crippen LogP) is 2.72. The van der Waals surface area contributed by atoms with Gasteiger partial charge >= 0.3 is 0 Å². The van der Waals surface area contributed by atoms with Crippen LogP contribution in [0.15, 0.2) is 30.3 Å². The molecular formula is C16H17N3O.